The van der Waals surface area contributed by atoms with E-state index in [1.165, 1.54) is 12.1 Å². The summed E-state index contributed by atoms with van der Waals surface area (Å²) in [6, 6.07) is 23.5. The second kappa shape index (κ2) is 11.4. The number of aromatic hydroxyl groups is 2. The van der Waals surface area contributed by atoms with Crippen LogP contribution in [0, 0.1) is 0 Å². The largest absolute Gasteiger partial charge is 0.507 e. The second-order valence-electron chi connectivity index (χ2n) is 8.39. The van der Waals surface area contributed by atoms with E-state index >= 15 is 0 Å². The normalized spacial score (nSPS) is 10.6. The number of carbonyl (C=O) groups excluding carboxylic acids is 2. The Morgan fingerprint density at radius 1 is 0.622 bits per heavy atom. The molecule has 0 amide bonds. The van der Waals surface area contributed by atoms with Crippen LogP contribution in [0.15, 0.2) is 84.9 Å². The molecule has 0 unspecified atom stereocenters. The van der Waals surface area contributed by atoms with Crippen LogP contribution in [0.5, 0.6) is 23.0 Å². The SMILES string of the molecule is CCOc1cc(O)c(C(=O)c2ccccc2)cc1Cc1cc(C(=O)c2ccccc2)c(O)cc1OCC. The van der Waals surface area contributed by atoms with E-state index in [0.29, 0.717) is 47.0 Å². The summed E-state index contributed by atoms with van der Waals surface area (Å²) in [5.41, 5.74) is 2.43. The van der Waals surface area contributed by atoms with Crippen molar-refractivity contribution in [3.05, 3.63) is 118 Å². The fourth-order valence-corrected chi connectivity index (χ4v) is 4.14. The van der Waals surface area contributed by atoms with Crippen molar-refractivity contribution in [2.45, 2.75) is 20.3 Å². The van der Waals surface area contributed by atoms with Crippen LogP contribution in [-0.2, 0) is 6.42 Å². The van der Waals surface area contributed by atoms with Gasteiger partial charge in [-0.1, -0.05) is 60.7 Å². The van der Waals surface area contributed by atoms with Crippen LogP contribution in [0.1, 0.15) is 56.8 Å². The number of hydrogen-bond donors (Lipinski definition) is 2. The number of ether oxygens (including phenoxy) is 2. The summed E-state index contributed by atoms with van der Waals surface area (Å²) in [5, 5.41) is 21.3. The summed E-state index contributed by atoms with van der Waals surface area (Å²) in [5.74, 6) is -0.184. The predicted molar refractivity (Wildman–Crippen MR) is 141 cm³/mol. The van der Waals surface area contributed by atoms with Crippen LogP contribution < -0.4 is 9.47 Å². The van der Waals surface area contributed by atoms with E-state index in [4.69, 9.17) is 9.47 Å². The first-order chi connectivity index (χ1) is 17.9. The summed E-state index contributed by atoms with van der Waals surface area (Å²) in [4.78, 5) is 26.3. The van der Waals surface area contributed by atoms with Crippen molar-refractivity contribution in [3.8, 4) is 23.0 Å². The number of phenolic OH excluding ortho intramolecular Hbond substituents is 2. The minimum Gasteiger partial charge on any atom is -0.507 e. The van der Waals surface area contributed by atoms with Gasteiger partial charge in [-0.05, 0) is 37.1 Å². The molecule has 0 spiro atoms. The highest BCUT2D eigenvalue weighted by Gasteiger charge is 2.22. The van der Waals surface area contributed by atoms with E-state index in [0.717, 1.165) is 0 Å². The predicted octanol–water partition coefficient (Wildman–Crippen LogP) is 5.95. The third-order valence-corrected chi connectivity index (χ3v) is 5.90. The molecule has 4 rings (SSSR count). The van der Waals surface area contributed by atoms with E-state index in [-0.39, 0.29) is 40.6 Å². The van der Waals surface area contributed by atoms with Gasteiger partial charge in [0.2, 0.25) is 0 Å². The maximum Gasteiger partial charge on any atom is 0.196 e. The molecule has 0 aliphatic heterocycles. The highest BCUT2D eigenvalue weighted by Crippen LogP contribution is 2.36. The molecule has 0 aliphatic rings. The molecular weight excluding hydrogens is 468 g/mol. The molecule has 6 nitrogen and oxygen atoms in total. The van der Waals surface area contributed by atoms with Crippen molar-refractivity contribution in [2.24, 2.45) is 0 Å². The monoisotopic (exact) mass is 496 g/mol. The lowest BCUT2D eigenvalue weighted by atomic mass is 9.94. The van der Waals surface area contributed by atoms with Gasteiger partial charge in [0.05, 0.1) is 24.3 Å². The third kappa shape index (κ3) is 5.64. The summed E-state index contributed by atoms with van der Waals surface area (Å²) >= 11 is 0. The number of carbonyl (C=O) groups is 2. The molecule has 0 fully saturated rings. The molecule has 0 atom stereocenters. The highest BCUT2D eigenvalue weighted by atomic mass is 16.5. The van der Waals surface area contributed by atoms with Crippen molar-refractivity contribution in [1.29, 1.82) is 0 Å². The van der Waals surface area contributed by atoms with Crippen molar-refractivity contribution in [2.75, 3.05) is 13.2 Å². The van der Waals surface area contributed by atoms with E-state index in [1.54, 1.807) is 60.7 Å². The molecule has 0 aliphatic carbocycles. The molecule has 0 heterocycles. The number of phenols is 2. The van der Waals surface area contributed by atoms with Crippen LogP contribution in [0.2, 0.25) is 0 Å². The van der Waals surface area contributed by atoms with Gasteiger partial charge in [-0.25, -0.2) is 0 Å². The minimum atomic E-state index is -0.321. The van der Waals surface area contributed by atoms with E-state index < -0.39 is 0 Å². The van der Waals surface area contributed by atoms with Crippen molar-refractivity contribution in [1.82, 2.24) is 0 Å². The standard InChI is InChI=1S/C31H28O6/c1-3-36-28-18-26(32)24(30(34)20-11-7-5-8-12-20)16-22(28)15-23-17-25(27(33)19-29(23)37-4-2)31(35)21-13-9-6-10-14-21/h5-14,16-19,32-33H,3-4,15H2,1-2H3. The van der Waals surface area contributed by atoms with Gasteiger partial charge < -0.3 is 19.7 Å². The lowest BCUT2D eigenvalue weighted by Gasteiger charge is -2.17. The molecule has 0 saturated heterocycles. The first-order valence-electron chi connectivity index (χ1n) is 12.1. The summed E-state index contributed by atoms with van der Waals surface area (Å²) in [6.07, 6.45) is 0.232. The van der Waals surface area contributed by atoms with Gasteiger partial charge in [0, 0.05) is 29.7 Å². The maximum absolute atomic E-state index is 13.2. The Balaban J connectivity index is 1.80. The molecule has 0 saturated carbocycles. The summed E-state index contributed by atoms with van der Waals surface area (Å²) in [7, 11) is 0. The summed E-state index contributed by atoms with van der Waals surface area (Å²) < 4.78 is 11.5. The zero-order valence-electron chi connectivity index (χ0n) is 20.7. The van der Waals surface area contributed by atoms with Crippen LogP contribution in [-0.4, -0.2) is 35.0 Å². The quantitative estimate of drug-likeness (QED) is 0.264. The molecule has 188 valence electrons. The third-order valence-electron chi connectivity index (χ3n) is 5.90. The Bertz CT molecular complexity index is 1300. The topological polar surface area (TPSA) is 93.1 Å². The number of benzene rings is 4. The van der Waals surface area contributed by atoms with E-state index in [2.05, 4.69) is 0 Å². The van der Waals surface area contributed by atoms with Crippen molar-refractivity contribution in [3.63, 3.8) is 0 Å². The van der Waals surface area contributed by atoms with Gasteiger partial charge in [-0.15, -0.1) is 0 Å². The highest BCUT2D eigenvalue weighted by molar-refractivity contribution is 6.11. The van der Waals surface area contributed by atoms with Crippen LogP contribution >= 0.6 is 0 Å². The molecule has 4 aromatic carbocycles. The van der Waals surface area contributed by atoms with Gasteiger partial charge in [-0.3, -0.25) is 9.59 Å². The van der Waals surface area contributed by atoms with Gasteiger partial charge in [-0.2, -0.15) is 0 Å². The van der Waals surface area contributed by atoms with Gasteiger partial charge in [0.15, 0.2) is 11.6 Å². The Morgan fingerprint density at radius 3 is 1.35 bits per heavy atom. The Hall–Kier alpha value is -4.58. The first-order valence-corrected chi connectivity index (χ1v) is 12.1. The lowest BCUT2D eigenvalue weighted by molar-refractivity contribution is 0.102. The first kappa shape index (κ1) is 25.5. The molecule has 2 N–H and O–H groups in total. The van der Waals surface area contributed by atoms with Gasteiger partial charge >= 0.3 is 0 Å². The molecule has 0 bridgehead atoms. The lowest BCUT2D eigenvalue weighted by Crippen LogP contribution is -2.07. The number of hydrogen-bond acceptors (Lipinski definition) is 6. The van der Waals surface area contributed by atoms with E-state index in [9.17, 15) is 19.8 Å². The molecule has 4 aromatic rings. The number of ketones is 2. The van der Waals surface area contributed by atoms with Crippen LogP contribution in [0.4, 0.5) is 0 Å². The Labute approximate surface area is 215 Å². The van der Waals surface area contributed by atoms with Crippen LogP contribution in [0.3, 0.4) is 0 Å². The average Bonchev–Trinajstić information content (AvgIpc) is 2.92. The van der Waals surface area contributed by atoms with Crippen molar-refractivity contribution < 1.29 is 29.3 Å². The average molecular weight is 497 g/mol. The fraction of sp³-hybridized carbons (Fsp3) is 0.161. The molecule has 0 radical (unpaired) electrons. The minimum absolute atomic E-state index is 0.141. The molecule has 0 aromatic heterocycles. The molecular formula is C31H28O6. The van der Waals surface area contributed by atoms with Crippen molar-refractivity contribution >= 4 is 11.6 Å². The van der Waals surface area contributed by atoms with E-state index in [1.807, 2.05) is 26.0 Å². The fourth-order valence-electron chi connectivity index (χ4n) is 4.14. The Kier molecular flexibility index (Phi) is 7.89. The van der Waals surface area contributed by atoms with Gasteiger partial charge in [0.25, 0.3) is 0 Å². The zero-order valence-corrected chi connectivity index (χ0v) is 20.7. The van der Waals surface area contributed by atoms with Gasteiger partial charge in [0.1, 0.15) is 23.0 Å². The summed E-state index contributed by atoms with van der Waals surface area (Å²) in [6.45, 7) is 4.35. The smallest absolute Gasteiger partial charge is 0.196 e. The zero-order chi connectivity index (χ0) is 26.4. The Morgan fingerprint density at radius 2 is 1.00 bits per heavy atom. The maximum atomic E-state index is 13.2. The molecule has 37 heavy (non-hydrogen) atoms. The van der Waals surface area contributed by atoms with Crippen LogP contribution in [0.25, 0.3) is 0 Å². The molecule has 6 heteroatoms. The second-order valence-corrected chi connectivity index (χ2v) is 8.39. The number of rotatable bonds is 10.